The van der Waals surface area contributed by atoms with Gasteiger partial charge in [-0.1, -0.05) is 60.7 Å². The average molecular weight is 348 g/mol. The fourth-order valence-corrected chi connectivity index (χ4v) is 2.40. The van der Waals surface area contributed by atoms with Gasteiger partial charge in [0.2, 0.25) is 0 Å². The quantitative estimate of drug-likeness (QED) is 0.415. The van der Waals surface area contributed by atoms with Crippen LogP contribution in [0.4, 0.5) is 11.4 Å². The zero-order valence-electron chi connectivity index (χ0n) is 14.0. The van der Waals surface area contributed by atoms with Crippen LogP contribution in [0.25, 0.3) is 0 Å². The second-order valence-electron chi connectivity index (χ2n) is 5.31. The molecule has 3 aromatic rings. The Balaban J connectivity index is 1.97. The van der Waals surface area contributed by atoms with E-state index in [0.717, 1.165) is 11.1 Å². The van der Waals surface area contributed by atoms with Crippen LogP contribution >= 0.6 is 0 Å². The number of hydrogen-bond acceptors (Lipinski definition) is 6. The SMILES string of the molecule is COc1ncc(NN=C(c2ccccc2)c2ccccc2)cc1[N+](=O)[O-]. The molecular formula is C19H16N4O3. The fraction of sp³-hybridized carbons (Fsp3) is 0.0526. The molecule has 0 saturated heterocycles. The van der Waals surface area contributed by atoms with Crippen LogP contribution in [0.15, 0.2) is 78.0 Å². The minimum atomic E-state index is -0.546. The number of anilines is 1. The Hall–Kier alpha value is -3.74. The monoisotopic (exact) mass is 348 g/mol. The molecule has 0 radical (unpaired) electrons. The van der Waals surface area contributed by atoms with Crippen molar-refractivity contribution in [3.63, 3.8) is 0 Å². The Bertz CT molecular complexity index is 887. The lowest BCUT2D eigenvalue weighted by Gasteiger charge is -2.09. The van der Waals surface area contributed by atoms with Crippen LogP contribution in [0.1, 0.15) is 11.1 Å². The van der Waals surface area contributed by atoms with Crippen molar-refractivity contribution in [2.24, 2.45) is 5.10 Å². The van der Waals surface area contributed by atoms with E-state index >= 15 is 0 Å². The van der Waals surface area contributed by atoms with Gasteiger partial charge >= 0.3 is 5.69 Å². The third-order valence-corrected chi connectivity index (χ3v) is 3.61. The highest BCUT2D eigenvalue weighted by atomic mass is 16.6. The van der Waals surface area contributed by atoms with E-state index < -0.39 is 4.92 Å². The first kappa shape index (κ1) is 17.1. The van der Waals surface area contributed by atoms with Gasteiger partial charge in [-0.25, -0.2) is 4.98 Å². The van der Waals surface area contributed by atoms with Crippen LogP contribution in [-0.4, -0.2) is 22.7 Å². The van der Waals surface area contributed by atoms with Crippen LogP contribution in [0, 0.1) is 10.1 Å². The second kappa shape index (κ2) is 7.89. The molecule has 2 aromatic carbocycles. The molecule has 0 aliphatic carbocycles. The molecule has 0 aliphatic rings. The van der Waals surface area contributed by atoms with Crippen molar-refractivity contribution in [1.82, 2.24) is 4.98 Å². The lowest BCUT2D eigenvalue weighted by Crippen LogP contribution is -2.07. The number of rotatable bonds is 6. The molecule has 0 aliphatic heterocycles. The molecular weight excluding hydrogens is 332 g/mol. The maximum atomic E-state index is 11.1. The van der Waals surface area contributed by atoms with E-state index in [4.69, 9.17) is 4.74 Å². The van der Waals surface area contributed by atoms with Gasteiger partial charge in [0.1, 0.15) is 0 Å². The largest absolute Gasteiger partial charge is 0.476 e. The minimum Gasteiger partial charge on any atom is -0.476 e. The van der Waals surface area contributed by atoms with E-state index in [0.29, 0.717) is 11.4 Å². The van der Waals surface area contributed by atoms with Gasteiger partial charge in [-0.05, 0) is 0 Å². The lowest BCUT2D eigenvalue weighted by atomic mass is 10.0. The van der Waals surface area contributed by atoms with E-state index in [1.54, 1.807) is 0 Å². The van der Waals surface area contributed by atoms with Gasteiger partial charge in [0.15, 0.2) is 0 Å². The molecule has 0 bridgehead atoms. The highest BCUT2D eigenvalue weighted by Crippen LogP contribution is 2.26. The lowest BCUT2D eigenvalue weighted by molar-refractivity contribution is -0.386. The normalized spacial score (nSPS) is 10.0. The van der Waals surface area contributed by atoms with Gasteiger partial charge in [-0.3, -0.25) is 15.5 Å². The van der Waals surface area contributed by atoms with Crippen molar-refractivity contribution in [1.29, 1.82) is 0 Å². The second-order valence-corrected chi connectivity index (χ2v) is 5.31. The summed E-state index contributed by atoms with van der Waals surface area (Å²) in [7, 11) is 1.34. The minimum absolute atomic E-state index is 0.0455. The van der Waals surface area contributed by atoms with E-state index in [1.165, 1.54) is 19.4 Å². The third kappa shape index (κ3) is 3.84. The van der Waals surface area contributed by atoms with Crippen LogP contribution in [0.3, 0.4) is 0 Å². The number of nitrogens with zero attached hydrogens (tertiary/aromatic N) is 3. The fourth-order valence-electron chi connectivity index (χ4n) is 2.40. The van der Waals surface area contributed by atoms with Crippen LogP contribution < -0.4 is 10.2 Å². The first-order chi connectivity index (χ1) is 12.7. The maximum Gasteiger partial charge on any atom is 0.333 e. The zero-order chi connectivity index (χ0) is 18.4. The van der Waals surface area contributed by atoms with E-state index in [9.17, 15) is 10.1 Å². The van der Waals surface area contributed by atoms with E-state index in [-0.39, 0.29) is 11.6 Å². The van der Waals surface area contributed by atoms with Gasteiger partial charge in [0.05, 0.1) is 29.6 Å². The molecule has 1 N–H and O–H groups in total. The topological polar surface area (TPSA) is 89.7 Å². The number of hydrogen-bond donors (Lipinski definition) is 1. The van der Waals surface area contributed by atoms with Gasteiger partial charge in [-0.2, -0.15) is 5.10 Å². The molecule has 26 heavy (non-hydrogen) atoms. The Labute approximate surface area is 150 Å². The molecule has 0 amide bonds. The average Bonchev–Trinajstić information content (AvgIpc) is 2.69. The third-order valence-electron chi connectivity index (χ3n) is 3.61. The summed E-state index contributed by atoms with van der Waals surface area (Å²) in [5.74, 6) is -0.0455. The number of benzene rings is 2. The van der Waals surface area contributed by atoms with Crippen molar-refractivity contribution in [3.8, 4) is 5.88 Å². The van der Waals surface area contributed by atoms with Gasteiger partial charge in [-0.15, -0.1) is 0 Å². The summed E-state index contributed by atoms with van der Waals surface area (Å²) in [5, 5.41) is 15.6. The molecule has 3 rings (SSSR count). The number of hydrazone groups is 1. The van der Waals surface area contributed by atoms with Gasteiger partial charge in [0, 0.05) is 17.2 Å². The Kier molecular flexibility index (Phi) is 5.19. The number of nitro groups is 1. The van der Waals surface area contributed by atoms with E-state index in [1.807, 2.05) is 60.7 Å². The van der Waals surface area contributed by atoms with Crippen molar-refractivity contribution < 1.29 is 9.66 Å². The molecule has 0 atom stereocenters. The van der Waals surface area contributed by atoms with Crippen molar-refractivity contribution in [2.45, 2.75) is 0 Å². The van der Waals surface area contributed by atoms with Gasteiger partial charge < -0.3 is 4.74 Å². The molecule has 7 heteroatoms. The first-order valence-corrected chi connectivity index (χ1v) is 7.82. The maximum absolute atomic E-state index is 11.1. The predicted molar refractivity (Wildman–Crippen MR) is 99.6 cm³/mol. The molecule has 0 spiro atoms. The summed E-state index contributed by atoms with van der Waals surface area (Å²) in [6.45, 7) is 0. The molecule has 7 nitrogen and oxygen atoms in total. The number of ether oxygens (including phenoxy) is 1. The Morgan fingerprint density at radius 3 is 2.15 bits per heavy atom. The number of nitrogens with one attached hydrogen (secondary N) is 1. The summed E-state index contributed by atoms with van der Waals surface area (Å²) in [4.78, 5) is 14.5. The summed E-state index contributed by atoms with van der Waals surface area (Å²) in [6, 6.07) is 20.7. The predicted octanol–water partition coefficient (Wildman–Crippen LogP) is 3.86. The Morgan fingerprint density at radius 2 is 1.65 bits per heavy atom. The molecule has 0 fully saturated rings. The van der Waals surface area contributed by atoms with Crippen molar-refractivity contribution >= 4 is 17.1 Å². The summed E-state index contributed by atoms with van der Waals surface area (Å²) in [5.41, 5.74) is 5.57. The molecule has 0 unspecified atom stereocenters. The standard InChI is InChI=1S/C19H16N4O3/c1-26-19-17(23(24)25)12-16(13-20-19)21-22-18(14-8-4-2-5-9-14)15-10-6-3-7-11-15/h2-13,21H,1H3. The summed E-state index contributed by atoms with van der Waals surface area (Å²) in [6.07, 6.45) is 1.43. The Morgan fingerprint density at radius 1 is 1.08 bits per heavy atom. The zero-order valence-corrected chi connectivity index (χ0v) is 14.0. The van der Waals surface area contributed by atoms with Crippen LogP contribution in [-0.2, 0) is 0 Å². The summed E-state index contributed by atoms with van der Waals surface area (Å²) < 4.78 is 4.91. The van der Waals surface area contributed by atoms with Gasteiger partial charge in [0.25, 0.3) is 5.88 Å². The number of pyridine rings is 1. The van der Waals surface area contributed by atoms with Crippen molar-refractivity contribution in [2.75, 3.05) is 12.5 Å². The molecule has 1 heterocycles. The number of methoxy groups -OCH3 is 1. The summed E-state index contributed by atoms with van der Waals surface area (Å²) >= 11 is 0. The highest BCUT2D eigenvalue weighted by Gasteiger charge is 2.17. The van der Waals surface area contributed by atoms with Crippen LogP contribution in [0.2, 0.25) is 0 Å². The van der Waals surface area contributed by atoms with Crippen molar-refractivity contribution in [3.05, 3.63) is 94.2 Å². The van der Waals surface area contributed by atoms with E-state index in [2.05, 4.69) is 15.5 Å². The molecule has 1 aromatic heterocycles. The smallest absolute Gasteiger partial charge is 0.333 e. The first-order valence-electron chi connectivity index (χ1n) is 7.82. The van der Waals surface area contributed by atoms with Crippen LogP contribution in [0.5, 0.6) is 5.88 Å². The number of aromatic nitrogens is 1. The molecule has 130 valence electrons. The highest BCUT2D eigenvalue weighted by molar-refractivity contribution is 6.13. The molecule has 0 saturated carbocycles.